The number of carbonyl (C=O) groups excluding carboxylic acids is 1. The zero-order valence-corrected chi connectivity index (χ0v) is 10.1. The van der Waals surface area contributed by atoms with Gasteiger partial charge in [0.15, 0.2) is 0 Å². The number of carbonyl (C=O) groups is 1. The zero-order chi connectivity index (χ0) is 10.3. The monoisotopic (exact) mass is 250 g/mol. The summed E-state index contributed by atoms with van der Waals surface area (Å²) in [6, 6.07) is 0. The Kier molecular flexibility index (Phi) is 11.3. The van der Waals surface area contributed by atoms with Crippen molar-refractivity contribution in [1.29, 1.82) is 0 Å². The third-order valence-electron chi connectivity index (χ3n) is 1.20. The molecule has 0 saturated carbocycles. The van der Waals surface area contributed by atoms with E-state index in [0.29, 0.717) is 0 Å². The average molecular weight is 250 g/mol. The van der Waals surface area contributed by atoms with Gasteiger partial charge in [-0.05, 0) is 13.8 Å². The van der Waals surface area contributed by atoms with Crippen molar-refractivity contribution in [3.63, 3.8) is 0 Å². The Balaban J connectivity index is 0. The molecule has 0 aromatic rings. The second kappa shape index (κ2) is 9.13. The molecule has 0 spiro atoms. The van der Waals surface area contributed by atoms with E-state index in [9.17, 15) is 9.36 Å². The first-order valence-electron chi connectivity index (χ1n) is 4.03. The molecule has 0 unspecified atom stereocenters. The topological polar surface area (TPSA) is 61.8 Å². The molecule has 0 aromatic heterocycles. The van der Waals surface area contributed by atoms with Gasteiger partial charge < -0.3 is 13.8 Å². The van der Waals surface area contributed by atoms with Gasteiger partial charge in [-0.3, -0.25) is 9.36 Å². The zero-order valence-electron chi connectivity index (χ0n) is 8.46. The van der Waals surface area contributed by atoms with Crippen LogP contribution in [0.5, 0.6) is 0 Å². The summed E-state index contributed by atoms with van der Waals surface area (Å²) >= 11 is 0. The van der Waals surface area contributed by atoms with Gasteiger partial charge in [-0.2, -0.15) is 0 Å². The van der Waals surface area contributed by atoms with E-state index >= 15 is 0 Å². The third kappa shape index (κ3) is 7.21. The van der Waals surface area contributed by atoms with Crippen molar-refractivity contribution in [2.24, 2.45) is 0 Å². The van der Waals surface area contributed by atoms with Crippen LogP contribution in [0.15, 0.2) is 0 Å². The van der Waals surface area contributed by atoms with Crippen LogP contribution in [-0.2, 0) is 23.1 Å². The van der Waals surface area contributed by atoms with Crippen molar-refractivity contribution in [2.45, 2.75) is 13.8 Å². The first kappa shape index (κ1) is 17.3. The van der Waals surface area contributed by atoms with Crippen LogP contribution in [0.4, 0.5) is 0 Å². The molecular weight excluding hydrogens is 235 g/mol. The van der Waals surface area contributed by atoms with E-state index in [4.69, 9.17) is 9.05 Å². The van der Waals surface area contributed by atoms with Crippen molar-refractivity contribution in [2.75, 3.05) is 26.5 Å². The Labute approximate surface area is 114 Å². The van der Waals surface area contributed by atoms with Gasteiger partial charge in [0.25, 0.3) is 0 Å². The third-order valence-corrected chi connectivity index (χ3v) is 3.15. The molecular formula is C7H15ArO5P. The quantitative estimate of drug-likeness (QED) is 0.527. The van der Waals surface area contributed by atoms with Gasteiger partial charge >= 0.3 is 13.6 Å². The summed E-state index contributed by atoms with van der Waals surface area (Å²) < 4.78 is 25.8. The Morgan fingerprint density at radius 1 is 1.21 bits per heavy atom. The molecule has 0 amide bonds. The second-order valence-corrected chi connectivity index (χ2v) is 4.24. The molecule has 0 bridgehead atoms. The molecule has 0 atom stereocenters. The van der Waals surface area contributed by atoms with E-state index in [0.717, 1.165) is 0 Å². The summed E-state index contributed by atoms with van der Waals surface area (Å²) in [5.74, 6) is -0.592. The second-order valence-electron chi connectivity index (χ2n) is 2.18. The van der Waals surface area contributed by atoms with E-state index in [1.165, 1.54) is 7.11 Å². The maximum Gasteiger partial charge on any atom is 0.341 e. The SMILES string of the molecule is CCOP(=O)(CC(=O)OC)OCC.[Ar]. The number of ether oxygens (including phenoxy) is 1. The molecule has 0 fully saturated rings. The fraction of sp³-hybridized carbons (Fsp3) is 0.857. The fourth-order valence-corrected chi connectivity index (χ4v) is 2.23. The summed E-state index contributed by atoms with van der Waals surface area (Å²) in [6.45, 7) is 3.86. The molecule has 0 rings (SSSR count). The van der Waals surface area contributed by atoms with Crippen LogP contribution in [0.1, 0.15) is 13.8 Å². The summed E-state index contributed by atoms with van der Waals surface area (Å²) in [5, 5.41) is 0. The summed E-state index contributed by atoms with van der Waals surface area (Å²) in [4.78, 5) is 10.8. The molecule has 86 valence electrons. The van der Waals surface area contributed by atoms with Crippen LogP contribution in [-0.4, -0.2) is 32.5 Å². The minimum absolute atomic E-state index is 0. The van der Waals surface area contributed by atoms with Crippen molar-refractivity contribution in [1.82, 2.24) is 0 Å². The molecule has 5 nitrogen and oxygen atoms in total. The molecule has 0 heterocycles. The largest absolute Gasteiger partial charge is 0.469 e. The normalized spacial score (nSPS) is 10.5. The predicted molar refractivity (Wildman–Crippen MR) is 47.7 cm³/mol. The Morgan fingerprint density at radius 3 is 1.93 bits per heavy atom. The number of rotatable bonds is 6. The first-order valence-corrected chi connectivity index (χ1v) is 5.75. The number of methoxy groups -OCH3 is 1. The summed E-state index contributed by atoms with van der Waals surface area (Å²) in [7, 11) is -2.04. The maximum atomic E-state index is 11.6. The minimum Gasteiger partial charge on any atom is -0.469 e. The maximum absolute atomic E-state index is 11.6. The van der Waals surface area contributed by atoms with Gasteiger partial charge in [0.2, 0.25) is 0 Å². The number of hydrogen-bond donors (Lipinski definition) is 0. The number of esters is 1. The van der Waals surface area contributed by atoms with Gasteiger partial charge in [-0.15, -0.1) is 0 Å². The fourth-order valence-electron chi connectivity index (χ4n) is 0.745. The standard InChI is InChI=1S/C7H15O5P.Ar/c1-4-11-13(9,12-5-2)6-7(8)10-3;/h4-6H2,1-3H3;. The molecule has 7 heteroatoms. The molecule has 0 aromatic carbocycles. The van der Waals surface area contributed by atoms with Crippen LogP contribution >= 0.6 is 7.60 Å². The van der Waals surface area contributed by atoms with E-state index in [1.54, 1.807) is 13.8 Å². The Hall–Kier alpha value is 0.880. The van der Waals surface area contributed by atoms with E-state index < -0.39 is 13.6 Å². The minimum atomic E-state index is -3.27. The van der Waals surface area contributed by atoms with Crippen LogP contribution < -0.4 is 0 Å². The molecule has 0 radical (unpaired) electrons. The van der Waals surface area contributed by atoms with Crippen molar-refractivity contribution < 1.29 is 60.9 Å². The summed E-state index contributed by atoms with van der Waals surface area (Å²) in [5.41, 5.74) is 0. The Morgan fingerprint density at radius 2 is 1.64 bits per heavy atom. The predicted octanol–water partition coefficient (Wildman–Crippen LogP) is 1.43. The van der Waals surface area contributed by atoms with E-state index in [-0.39, 0.29) is 57.1 Å². The van der Waals surface area contributed by atoms with Crippen LogP contribution in [0.25, 0.3) is 0 Å². The molecule has 0 saturated heterocycles. The first-order chi connectivity index (χ1) is 6.08. The van der Waals surface area contributed by atoms with Gasteiger partial charge in [0.05, 0.1) is 20.3 Å². The van der Waals surface area contributed by atoms with Crippen molar-refractivity contribution in [3.05, 3.63) is 0 Å². The van der Waals surface area contributed by atoms with Crippen molar-refractivity contribution >= 4 is 13.6 Å². The van der Waals surface area contributed by atoms with Gasteiger partial charge in [0.1, 0.15) is 6.16 Å². The van der Waals surface area contributed by atoms with E-state index in [2.05, 4.69) is 4.74 Å². The van der Waals surface area contributed by atoms with Gasteiger partial charge in [0, 0.05) is 37.7 Å². The van der Waals surface area contributed by atoms with Crippen LogP contribution in [0.2, 0.25) is 0 Å². The molecule has 0 aliphatic carbocycles. The van der Waals surface area contributed by atoms with Gasteiger partial charge in [-0.25, -0.2) is 0 Å². The molecule has 14 heavy (non-hydrogen) atoms. The smallest absolute Gasteiger partial charge is 0.341 e. The average Bonchev–Trinajstić information content (AvgIpc) is 2.04. The molecule has 0 aliphatic heterocycles. The van der Waals surface area contributed by atoms with Crippen LogP contribution in [0.3, 0.4) is 0 Å². The molecule has 0 aliphatic rings. The van der Waals surface area contributed by atoms with Crippen molar-refractivity contribution in [3.8, 4) is 0 Å². The molecule has 0 N–H and O–H groups in total. The summed E-state index contributed by atoms with van der Waals surface area (Å²) in [6.07, 6.45) is -0.328. The Bertz CT molecular complexity index is 198. The van der Waals surface area contributed by atoms with E-state index in [1.807, 2.05) is 0 Å². The van der Waals surface area contributed by atoms with Gasteiger partial charge in [-0.1, -0.05) is 0 Å². The van der Waals surface area contributed by atoms with Crippen LogP contribution in [0, 0.1) is 37.7 Å². The number of hydrogen-bond acceptors (Lipinski definition) is 5.